The Morgan fingerprint density at radius 3 is 2.95 bits per heavy atom. The predicted octanol–water partition coefficient (Wildman–Crippen LogP) is 2.64. The average molecular weight is 263 g/mol. The molecule has 1 aromatic rings. The van der Waals surface area contributed by atoms with Gasteiger partial charge in [-0.25, -0.2) is 9.97 Å². The highest BCUT2D eigenvalue weighted by atomic mass is 16.5. The minimum absolute atomic E-state index is 0.299. The fourth-order valence-corrected chi connectivity index (χ4v) is 2.35. The topological polar surface area (TPSA) is 47.0 Å². The largest absolute Gasteiger partial charge is 0.367 e. The van der Waals surface area contributed by atoms with E-state index in [9.17, 15) is 0 Å². The van der Waals surface area contributed by atoms with Crippen molar-refractivity contribution in [3.8, 4) is 0 Å². The Morgan fingerprint density at radius 2 is 2.26 bits per heavy atom. The number of rotatable bonds is 5. The van der Waals surface area contributed by atoms with Crippen molar-refractivity contribution in [2.24, 2.45) is 5.92 Å². The van der Waals surface area contributed by atoms with Gasteiger partial charge in [0.05, 0.1) is 5.69 Å². The highest BCUT2D eigenvalue weighted by molar-refractivity contribution is 5.08. The van der Waals surface area contributed by atoms with Crippen molar-refractivity contribution in [3.05, 3.63) is 23.8 Å². The van der Waals surface area contributed by atoms with Crippen molar-refractivity contribution in [2.75, 3.05) is 13.2 Å². The van der Waals surface area contributed by atoms with E-state index in [4.69, 9.17) is 4.74 Å². The van der Waals surface area contributed by atoms with Crippen LogP contribution >= 0.6 is 0 Å². The average Bonchev–Trinajstić information content (AvgIpc) is 2.39. The Morgan fingerprint density at radius 1 is 1.42 bits per heavy atom. The van der Waals surface area contributed by atoms with Crippen molar-refractivity contribution in [2.45, 2.75) is 52.2 Å². The molecular formula is C15H25N3O. The maximum absolute atomic E-state index is 5.90. The lowest BCUT2D eigenvalue weighted by Gasteiger charge is -2.32. The van der Waals surface area contributed by atoms with Gasteiger partial charge < -0.3 is 10.1 Å². The second-order valence-corrected chi connectivity index (χ2v) is 5.93. The SMILES string of the molecule is CC(C)CNCc1ccnc(C2(C)CCCCO2)n1. The molecule has 1 N–H and O–H groups in total. The number of ether oxygens (including phenoxy) is 1. The zero-order valence-corrected chi connectivity index (χ0v) is 12.3. The molecule has 0 spiro atoms. The molecule has 1 fully saturated rings. The van der Waals surface area contributed by atoms with Gasteiger partial charge in [-0.3, -0.25) is 0 Å². The first-order valence-electron chi connectivity index (χ1n) is 7.27. The lowest BCUT2D eigenvalue weighted by atomic mass is 9.95. The molecule has 2 heterocycles. The summed E-state index contributed by atoms with van der Waals surface area (Å²) in [6.07, 6.45) is 5.19. The molecule has 106 valence electrons. The third-order valence-corrected chi connectivity index (χ3v) is 3.51. The Bertz CT molecular complexity index is 400. The van der Waals surface area contributed by atoms with Crippen LogP contribution in [0.25, 0.3) is 0 Å². The zero-order chi connectivity index (χ0) is 13.7. The zero-order valence-electron chi connectivity index (χ0n) is 12.3. The molecule has 1 atom stereocenters. The van der Waals surface area contributed by atoms with Gasteiger partial charge in [-0.1, -0.05) is 13.8 Å². The van der Waals surface area contributed by atoms with Gasteiger partial charge in [0.25, 0.3) is 0 Å². The van der Waals surface area contributed by atoms with E-state index in [1.165, 1.54) is 6.42 Å². The van der Waals surface area contributed by atoms with E-state index in [0.29, 0.717) is 5.92 Å². The Kier molecular flexibility index (Phi) is 4.88. The van der Waals surface area contributed by atoms with Gasteiger partial charge in [-0.15, -0.1) is 0 Å². The molecule has 0 aliphatic carbocycles. The first kappa shape index (κ1) is 14.4. The fraction of sp³-hybridized carbons (Fsp3) is 0.733. The number of nitrogens with one attached hydrogen (secondary N) is 1. The van der Waals surface area contributed by atoms with Gasteiger partial charge in [-0.2, -0.15) is 0 Å². The summed E-state index contributed by atoms with van der Waals surface area (Å²) in [4.78, 5) is 9.08. The monoisotopic (exact) mass is 263 g/mol. The van der Waals surface area contributed by atoms with Gasteiger partial charge in [0.2, 0.25) is 0 Å². The summed E-state index contributed by atoms with van der Waals surface area (Å²) in [6, 6.07) is 1.98. The smallest absolute Gasteiger partial charge is 0.160 e. The molecule has 0 aromatic carbocycles. The molecular weight excluding hydrogens is 238 g/mol. The number of nitrogens with zero attached hydrogens (tertiary/aromatic N) is 2. The molecule has 1 unspecified atom stereocenters. The van der Waals surface area contributed by atoms with Gasteiger partial charge in [0.1, 0.15) is 5.60 Å². The van der Waals surface area contributed by atoms with E-state index < -0.39 is 0 Å². The van der Waals surface area contributed by atoms with E-state index in [2.05, 4.69) is 36.1 Å². The van der Waals surface area contributed by atoms with Crippen LogP contribution in [0.4, 0.5) is 0 Å². The minimum Gasteiger partial charge on any atom is -0.367 e. The fourth-order valence-electron chi connectivity index (χ4n) is 2.35. The molecule has 4 heteroatoms. The van der Waals surface area contributed by atoms with E-state index >= 15 is 0 Å². The normalized spacial score (nSPS) is 23.8. The number of aromatic nitrogens is 2. The van der Waals surface area contributed by atoms with Crippen LogP contribution in [0.15, 0.2) is 12.3 Å². The summed E-state index contributed by atoms with van der Waals surface area (Å²) in [7, 11) is 0. The summed E-state index contributed by atoms with van der Waals surface area (Å²) in [5, 5.41) is 3.41. The van der Waals surface area contributed by atoms with Crippen LogP contribution in [0, 0.1) is 5.92 Å². The first-order chi connectivity index (χ1) is 9.10. The van der Waals surface area contributed by atoms with Crippen molar-refractivity contribution >= 4 is 0 Å². The molecule has 0 amide bonds. The minimum atomic E-state index is -0.299. The van der Waals surface area contributed by atoms with Crippen molar-refractivity contribution in [1.29, 1.82) is 0 Å². The van der Waals surface area contributed by atoms with Crippen LogP contribution in [-0.2, 0) is 16.9 Å². The summed E-state index contributed by atoms with van der Waals surface area (Å²) in [5.74, 6) is 1.48. The van der Waals surface area contributed by atoms with Gasteiger partial charge in [0.15, 0.2) is 5.82 Å². The molecule has 4 nitrogen and oxygen atoms in total. The highest BCUT2D eigenvalue weighted by Gasteiger charge is 2.32. The van der Waals surface area contributed by atoms with Gasteiger partial charge in [0, 0.05) is 19.3 Å². The second kappa shape index (κ2) is 6.44. The molecule has 0 saturated carbocycles. The summed E-state index contributed by atoms with van der Waals surface area (Å²) < 4.78 is 5.90. The van der Waals surface area contributed by atoms with Gasteiger partial charge >= 0.3 is 0 Å². The van der Waals surface area contributed by atoms with Gasteiger partial charge in [-0.05, 0) is 44.7 Å². The molecule has 1 aromatic heterocycles. The van der Waals surface area contributed by atoms with Crippen LogP contribution in [0.2, 0.25) is 0 Å². The Labute approximate surface area is 116 Å². The third-order valence-electron chi connectivity index (χ3n) is 3.51. The second-order valence-electron chi connectivity index (χ2n) is 5.93. The van der Waals surface area contributed by atoms with E-state index in [1.807, 2.05) is 12.3 Å². The summed E-state index contributed by atoms with van der Waals surface area (Å²) in [5.41, 5.74) is 0.743. The van der Waals surface area contributed by atoms with E-state index in [0.717, 1.165) is 44.1 Å². The van der Waals surface area contributed by atoms with Crippen molar-refractivity contribution in [3.63, 3.8) is 0 Å². The van der Waals surface area contributed by atoms with Crippen molar-refractivity contribution < 1.29 is 4.74 Å². The standard InChI is InChI=1S/C15H25N3O/c1-12(2)10-16-11-13-6-8-17-14(18-13)15(3)7-4-5-9-19-15/h6,8,12,16H,4-5,7,9-11H2,1-3H3. The van der Waals surface area contributed by atoms with Crippen molar-refractivity contribution in [1.82, 2.24) is 15.3 Å². The quantitative estimate of drug-likeness (QED) is 0.887. The molecule has 1 aliphatic rings. The summed E-state index contributed by atoms with van der Waals surface area (Å²) in [6.45, 7) is 9.13. The highest BCUT2D eigenvalue weighted by Crippen LogP contribution is 2.32. The molecule has 1 aliphatic heterocycles. The lowest BCUT2D eigenvalue weighted by Crippen LogP contribution is -2.32. The van der Waals surface area contributed by atoms with E-state index in [1.54, 1.807) is 0 Å². The molecule has 1 saturated heterocycles. The third kappa shape index (κ3) is 3.98. The molecule has 0 radical (unpaired) electrons. The Balaban J connectivity index is 2.02. The van der Waals surface area contributed by atoms with E-state index in [-0.39, 0.29) is 5.60 Å². The van der Waals surface area contributed by atoms with Crippen LogP contribution in [0.5, 0.6) is 0 Å². The van der Waals surface area contributed by atoms with Crippen LogP contribution in [-0.4, -0.2) is 23.1 Å². The summed E-state index contributed by atoms with van der Waals surface area (Å²) >= 11 is 0. The van der Waals surface area contributed by atoms with Crippen LogP contribution in [0.3, 0.4) is 0 Å². The maximum atomic E-state index is 5.90. The maximum Gasteiger partial charge on any atom is 0.160 e. The predicted molar refractivity (Wildman–Crippen MR) is 75.7 cm³/mol. The number of hydrogen-bond acceptors (Lipinski definition) is 4. The molecule has 19 heavy (non-hydrogen) atoms. The first-order valence-corrected chi connectivity index (χ1v) is 7.27. The molecule has 2 rings (SSSR count). The molecule has 0 bridgehead atoms. The van der Waals surface area contributed by atoms with Crippen LogP contribution < -0.4 is 5.32 Å². The lowest BCUT2D eigenvalue weighted by molar-refractivity contribution is -0.0761. The Hall–Kier alpha value is -1.00. The number of hydrogen-bond donors (Lipinski definition) is 1. The van der Waals surface area contributed by atoms with Crippen LogP contribution in [0.1, 0.15) is 51.6 Å².